The van der Waals surface area contributed by atoms with Gasteiger partial charge in [-0.2, -0.15) is 0 Å². The van der Waals surface area contributed by atoms with Crippen LogP contribution in [0.5, 0.6) is 0 Å². The number of benzene rings is 2. The molecule has 0 spiro atoms. The second-order valence-electron chi connectivity index (χ2n) is 6.54. The molecule has 2 aromatic carbocycles. The Kier molecular flexibility index (Phi) is 4.79. The van der Waals surface area contributed by atoms with Gasteiger partial charge in [-0.3, -0.25) is 14.4 Å². The Morgan fingerprint density at radius 2 is 1.64 bits per heavy atom. The third kappa shape index (κ3) is 3.38. The molecule has 2 atom stereocenters. The van der Waals surface area contributed by atoms with Gasteiger partial charge in [-0.15, -0.1) is 0 Å². The maximum atomic E-state index is 12.5. The van der Waals surface area contributed by atoms with E-state index in [1.165, 1.54) is 6.92 Å². The van der Waals surface area contributed by atoms with Crippen molar-refractivity contribution in [1.82, 2.24) is 4.90 Å². The maximum absolute atomic E-state index is 12.5. The third-order valence-electron chi connectivity index (χ3n) is 4.75. The van der Waals surface area contributed by atoms with E-state index in [1.54, 1.807) is 4.90 Å². The summed E-state index contributed by atoms with van der Waals surface area (Å²) < 4.78 is 0. The molecule has 0 radical (unpaired) electrons. The van der Waals surface area contributed by atoms with Crippen LogP contribution in [0, 0.1) is 12.8 Å². The van der Waals surface area contributed by atoms with Gasteiger partial charge < -0.3 is 4.90 Å². The molecule has 1 aliphatic heterocycles. The highest BCUT2D eigenvalue weighted by Gasteiger charge is 2.49. The van der Waals surface area contributed by atoms with Gasteiger partial charge in [0.2, 0.25) is 5.78 Å². The van der Waals surface area contributed by atoms with Gasteiger partial charge in [-0.1, -0.05) is 60.2 Å². The van der Waals surface area contributed by atoms with Crippen LogP contribution in [0.25, 0.3) is 0 Å². The van der Waals surface area contributed by atoms with Crippen LogP contribution in [0.4, 0.5) is 0 Å². The summed E-state index contributed by atoms with van der Waals surface area (Å²) in [5, 5.41) is 0. The van der Waals surface area contributed by atoms with Crippen LogP contribution < -0.4 is 0 Å². The first-order valence-electron chi connectivity index (χ1n) is 8.45. The van der Waals surface area contributed by atoms with Gasteiger partial charge in [0.05, 0.1) is 6.04 Å². The molecular weight excluding hydrogens is 314 g/mol. The molecule has 1 saturated heterocycles. The summed E-state index contributed by atoms with van der Waals surface area (Å²) in [6.07, 6.45) is 0.646. The quantitative estimate of drug-likeness (QED) is 0.624. The standard InChI is InChI=1S/C21H21NO3/c1-14-8-10-17(11-9-14)19-18(15(2)23)20(24)21(25)22(19)13-12-16-6-4-3-5-7-16/h3-11,18-19H,12-13H2,1-2H3. The molecule has 0 aliphatic carbocycles. The molecule has 0 saturated carbocycles. The molecule has 0 N–H and O–H groups in total. The molecule has 1 fully saturated rings. The minimum atomic E-state index is -0.911. The first-order valence-corrected chi connectivity index (χ1v) is 8.45. The molecule has 3 rings (SSSR count). The third-order valence-corrected chi connectivity index (χ3v) is 4.75. The van der Waals surface area contributed by atoms with Crippen LogP contribution in [0.3, 0.4) is 0 Å². The van der Waals surface area contributed by atoms with Crippen LogP contribution in [-0.4, -0.2) is 28.9 Å². The first kappa shape index (κ1) is 17.1. The van der Waals surface area contributed by atoms with Gasteiger partial charge >= 0.3 is 0 Å². The predicted molar refractivity (Wildman–Crippen MR) is 95.0 cm³/mol. The molecule has 0 bridgehead atoms. The number of ketones is 2. The molecule has 4 nitrogen and oxygen atoms in total. The van der Waals surface area contributed by atoms with E-state index in [2.05, 4.69) is 0 Å². The minimum Gasteiger partial charge on any atom is -0.328 e. The van der Waals surface area contributed by atoms with Crippen LogP contribution in [0.2, 0.25) is 0 Å². The van der Waals surface area contributed by atoms with Gasteiger partial charge in [0.1, 0.15) is 11.7 Å². The Labute approximate surface area is 147 Å². The first-order chi connectivity index (χ1) is 12.0. The highest BCUT2D eigenvalue weighted by molar-refractivity contribution is 6.42. The lowest BCUT2D eigenvalue weighted by molar-refractivity contribution is -0.142. The second-order valence-corrected chi connectivity index (χ2v) is 6.54. The van der Waals surface area contributed by atoms with Crippen LogP contribution >= 0.6 is 0 Å². The fourth-order valence-corrected chi connectivity index (χ4v) is 3.40. The van der Waals surface area contributed by atoms with Crippen molar-refractivity contribution in [3.05, 3.63) is 71.3 Å². The summed E-state index contributed by atoms with van der Waals surface area (Å²) in [6.45, 7) is 3.78. The number of hydrogen-bond donors (Lipinski definition) is 0. The SMILES string of the molecule is CC(=O)C1C(=O)C(=O)N(CCc2ccccc2)C1c1ccc(C)cc1. The molecule has 1 aliphatic rings. The van der Waals surface area contributed by atoms with Crippen LogP contribution in [0.1, 0.15) is 29.7 Å². The number of aryl methyl sites for hydroxylation is 1. The number of carbonyl (C=O) groups excluding carboxylic acids is 3. The van der Waals surface area contributed by atoms with E-state index in [0.717, 1.165) is 16.7 Å². The fraction of sp³-hybridized carbons (Fsp3) is 0.286. The summed E-state index contributed by atoms with van der Waals surface area (Å²) in [4.78, 5) is 38.6. The zero-order valence-electron chi connectivity index (χ0n) is 14.4. The number of likely N-dealkylation sites (tertiary alicyclic amines) is 1. The Bertz CT molecular complexity index is 796. The van der Waals surface area contributed by atoms with E-state index >= 15 is 0 Å². The smallest absolute Gasteiger partial charge is 0.291 e. The number of carbonyl (C=O) groups is 3. The lowest BCUT2D eigenvalue weighted by Crippen LogP contribution is -2.32. The molecule has 0 aromatic heterocycles. The molecule has 1 amide bonds. The topological polar surface area (TPSA) is 54.5 Å². The number of hydrogen-bond acceptors (Lipinski definition) is 3. The normalized spacial score (nSPS) is 20.2. The lowest BCUT2D eigenvalue weighted by Gasteiger charge is -2.27. The van der Waals surface area contributed by atoms with Crippen molar-refractivity contribution in [2.45, 2.75) is 26.3 Å². The van der Waals surface area contributed by atoms with Crippen molar-refractivity contribution < 1.29 is 14.4 Å². The van der Waals surface area contributed by atoms with Crippen molar-refractivity contribution in [2.24, 2.45) is 5.92 Å². The van der Waals surface area contributed by atoms with E-state index in [0.29, 0.717) is 13.0 Å². The highest BCUT2D eigenvalue weighted by Crippen LogP contribution is 2.36. The predicted octanol–water partition coefficient (Wildman–Crippen LogP) is 2.90. The number of rotatable bonds is 5. The number of amides is 1. The van der Waals surface area contributed by atoms with Gasteiger partial charge in [-0.25, -0.2) is 0 Å². The van der Waals surface area contributed by atoms with E-state index in [4.69, 9.17) is 0 Å². The van der Waals surface area contributed by atoms with Crippen molar-refractivity contribution in [1.29, 1.82) is 0 Å². The van der Waals surface area contributed by atoms with E-state index < -0.39 is 23.7 Å². The number of Topliss-reactive ketones (excluding diaryl/α,β-unsaturated/α-hetero) is 2. The largest absolute Gasteiger partial charge is 0.328 e. The van der Waals surface area contributed by atoms with E-state index in [9.17, 15) is 14.4 Å². The average molecular weight is 335 g/mol. The summed E-state index contributed by atoms with van der Waals surface area (Å²) in [6, 6.07) is 17.0. The fourth-order valence-electron chi connectivity index (χ4n) is 3.40. The van der Waals surface area contributed by atoms with Crippen molar-refractivity contribution in [3.63, 3.8) is 0 Å². The Balaban J connectivity index is 1.92. The minimum absolute atomic E-state index is 0.258. The zero-order valence-corrected chi connectivity index (χ0v) is 14.4. The summed E-state index contributed by atoms with van der Waals surface area (Å²) >= 11 is 0. The average Bonchev–Trinajstić information content (AvgIpc) is 2.86. The molecule has 1 heterocycles. The Hall–Kier alpha value is -2.75. The van der Waals surface area contributed by atoms with Crippen molar-refractivity contribution in [3.8, 4) is 0 Å². The summed E-state index contributed by atoms with van der Waals surface area (Å²) in [7, 11) is 0. The van der Waals surface area contributed by atoms with E-state index in [1.807, 2.05) is 61.5 Å². The van der Waals surface area contributed by atoms with Crippen molar-refractivity contribution >= 4 is 17.5 Å². The lowest BCUT2D eigenvalue weighted by atomic mass is 9.89. The molecule has 4 heteroatoms. The van der Waals surface area contributed by atoms with E-state index in [-0.39, 0.29) is 5.78 Å². The Morgan fingerprint density at radius 1 is 1.00 bits per heavy atom. The zero-order chi connectivity index (χ0) is 18.0. The van der Waals surface area contributed by atoms with Gasteiger partial charge in [0, 0.05) is 6.54 Å². The summed E-state index contributed by atoms with van der Waals surface area (Å²) in [5.41, 5.74) is 3.02. The maximum Gasteiger partial charge on any atom is 0.291 e. The molecule has 2 unspecified atom stereocenters. The molecule has 25 heavy (non-hydrogen) atoms. The van der Waals surface area contributed by atoms with Gasteiger partial charge in [0.15, 0.2) is 0 Å². The Morgan fingerprint density at radius 3 is 2.24 bits per heavy atom. The number of nitrogens with zero attached hydrogens (tertiary/aromatic N) is 1. The molecule has 2 aromatic rings. The van der Waals surface area contributed by atoms with Crippen LogP contribution in [0.15, 0.2) is 54.6 Å². The van der Waals surface area contributed by atoms with Gasteiger partial charge in [0.25, 0.3) is 5.91 Å². The highest BCUT2D eigenvalue weighted by atomic mass is 16.2. The van der Waals surface area contributed by atoms with Crippen LogP contribution in [-0.2, 0) is 20.8 Å². The monoisotopic (exact) mass is 335 g/mol. The van der Waals surface area contributed by atoms with Crippen molar-refractivity contribution in [2.75, 3.05) is 6.54 Å². The molecular formula is C21H21NO3. The summed E-state index contributed by atoms with van der Waals surface area (Å²) in [5.74, 6) is -2.31. The molecule has 128 valence electrons. The van der Waals surface area contributed by atoms with Gasteiger partial charge in [-0.05, 0) is 31.4 Å². The second kappa shape index (κ2) is 7.01.